The summed E-state index contributed by atoms with van der Waals surface area (Å²) in [5.41, 5.74) is 7.48. The minimum atomic E-state index is -0.0139. The van der Waals surface area contributed by atoms with Crippen LogP contribution in [-0.2, 0) is 6.42 Å². The first-order chi connectivity index (χ1) is 9.75. The lowest BCUT2D eigenvalue weighted by Gasteiger charge is -2.18. The summed E-state index contributed by atoms with van der Waals surface area (Å²) in [6.07, 6.45) is 5.86. The quantitative estimate of drug-likeness (QED) is 0.929. The van der Waals surface area contributed by atoms with Gasteiger partial charge in [0.2, 0.25) is 0 Å². The summed E-state index contributed by atoms with van der Waals surface area (Å²) in [7, 11) is 0. The molecule has 4 heteroatoms. The van der Waals surface area contributed by atoms with E-state index in [1.165, 1.54) is 25.7 Å². The highest BCUT2D eigenvalue weighted by atomic mass is 15.3. The second-order valence-corrected chi connectivity index (χ2v) is 5.69. The fourth-order valence-corrected chi connectivity index (χ4v) is 3.20. The Morgan fingerprint density at radius 1 is 1.20 bits per heavy atom. The lowest BCUT2D eigenvalue weighted by atomic mass is 10.0. The highest BCUT2D eigenvalue weighted by Crippen LogP contribution is 2.31. The van der Waals surface area contributed by atoms with E-state index in [1.807, 2.05) is 25.1 Å². The number of nitrogens with zero attached hydrogens (tertiary/aromatic N) is 3. The molecule has 0 spiro atoms. The molecule has 1 atom stereocenters. The normalized spacial score (nSPS) is 17.5. The number of nitrogens with two attached hydrogens (primary N) is 1. The van der Waals surface area contributed by atoms with E-state index in [2.05, 4.69) is 26.9 Å². The van der Waals surface area contributed by atoms with Gasteiger partial charge < -0.3 is 10.3 Å². The summed E-state index contributed by atoms with van der Waals surface area (Å²) in [6.45, 7) is 2.04. The Morgan fingerprint density at radius 2 is 1.90 bits per heavy atom. The molecule has 1 saturated carbocycles. The molecule has 2 N–H and O–H groups in total. The number of aryl methyl sites for hydroxylation is 1. The van der Waals surface area contributed by atoms with Gasteiger partial charge in [-0.1, -0.05) is 43.2 Å². The van der Waals surface area contributed by atoms with Gasteiger partial charge in [0, 0.05) is 18.5 Å². The largest absolute Gasteiger partial charge is 0.324 e. The third-order valence-electron chi connectivity index (χ3n) is 4.26. The second kappa shape index (κ2) is 5.75. The summed E-state index contributed by atoms with van der Waals surface area (Å²) >= 11 is 0. The molecule has 4 nitrogen and oxygen atoms in total. The molecule has 0 saturated heterocycles. The number of hydrogen-bond acceptors (Lipinski definition) is 3. The molecule has 1 heterocycles. The van der Waals surface area contributed by atoms with Crippen LogP contribution in [0.1, 0.15) is 55.0 Å². The maximum Gasteiger partial charge on any atom is 0.135 e. The zero-order valence-electron chi connectivity index (χ0n) is 12.0. The van der Waals surface area contributed by atoms with Crippen molar-refractivity contribution in [2.45, 2.75) is 51.1 Å². The van der Waals surface area contributed by atoms with E-state index >= 15 is 0 Å². The smallest absolute Gasteiger partial charge is 0.135 e. The summed E-state index contributed by atoms with van der Waals surface area (Å²) in [6, 6.07) is 10.8. The molecule has 1 aliphatic rings. The SMILES string of the molecule is Cc1nnc(CC(N)c2ccccc2)n1C1CCCC1. The third kappa shape index (κ3) is 2.61. The van der Waals surface area contributed by atoms with Gasteiger partial charge in [0.05, 0.1) is 0 Å². The first-order valence-corrected chi connectivity index (χ1v) is 7.46. The maximum atomic E-state index is 6.32. The van der Waals surface area contributed by atoms with Crippen molar-refractivity contribution in [2.24, 2.45) is 5.73 Å². The lowest BCUT2D eigenvalue weighted by molar-refractivity contribution is 0.477. The van der Waals surface area contributed by atoms with Gasteiger partial charge in [-0.2, -0.15) is 0 Å². The van der Waals surface area contributed by atoms with Crippen molar-refractivity contribution in [2.75, 3.05) is 0 Å². The zero-order chi connectivity index (χ0) is 13.9. The predicted molar refractivity (Wildman–Crippen MR) is 79.3 cm³/mol. The second-order valence-electron chi connectivity index (χ2n) is 5.69. The van der Waals surface area contributed by atoms with E-state index in [9.17, 15) is 0 Å². The Bertz CT molecular complexity index is 555. The first-order valence-electron chi connectivity index (χ1n) is 7.46. The molecule has 1 aliphatic carbocycles. The molecule has 20 heavy (non-hydrogen) atoms. The van der Waals surface area contributed by atoms with E-state index in [4.69, 9.17) is 5.73 Å². The summed E-state index contributed by atoms with van der Waals surface area (Å²) in [5, 5.41) is 8.62. The van der Waals surface area contributed by atoms with E-state index in [0.29, 0.717) is 6.04 Å². The molecule has 0 radical (unpaired) electrons. The van der Waals surface area contributed by atoms with Crippen LogP contribution < -0.4 is 5.73 Å². The average molecular weight is 270 g/mol. The highest BCUT2D eigenvalue weighted by molar-refractivity contribution is 5.19. The third-order valence-corrected chi connectivity index (χ3v) is 4.26. The van der Waals surface area contributed by atoms with Gasteiger partial charge >= 0.3 is 0 Å². The molecule has 1 aromatic heterocycles. The van der Waals surface area contributed by atoms with Gasteiger partial charge in [0.25, 0.3) is 0 Å². The van der Waals surface area contributed by atoms with Gasteiger partial charge in [0.1, 0.15) is 11.6 Å². The molecule has 1 unspecified atom stereocenters. The molecule has 0 aliphatic heterocycles. The monoisotopic (exact) mass is 270 g/mol. The fraction of sp³-hybridized carbons (Fsp3) is 0.500. The maximum absolute atomic E-state index is 6.32. The minimum Gasteiger partial charge on any atom is -0.324 e. The molecule has 0 amide bonds. The van der Waals surface area contributed by atoms with Crippen LogP contribution >= 0.6 is 0 Å². The standard InChI is InChI=1S/C16H22N4/c1-12-18-19-16(20(12)14-9-5-6-10-14)11-15(17)13-7-3-2-4-8-13/h2-4,7-8,14-15H,5-6,9-11,17H2,1H3. The molecular weight excluding hydrogens is 248 g/mol. The molecule has 1 fully saturated rings. The Balaban J connectivity index is 1.81. The van der Waals surface area contributed by atoms with Crippen molar-refractivity contribution in [3.05, 3.63) is 47.5 Å². The molecule has 0 bridgehead atoms. The zero-order valence-corrected chi connectivity index (χ0v) is 12.0. The van der Waals surface area contributed by atoms with E-state index in [1.54, 1.807) is 0 Å². The molecule has 1 aromatic carbocycles. The van der Waals surface area contributed by atoms with Crippen LogP contribution in [0.5, 0.6) is 0 Å². The Labute approximate surface area is 120 Å². The Hall–Kier alpha value is -1.68. The van der Waals surface area contributed by atoms with Gasteiger partial charge in [-0.05, 0) is 25.3 Å². The van der Waals surface area contributed by atoms with Crippen LogP contribution in [0.3, 0.4) is 0 Å². The molecule has 3 rings (SSSR count). The average Bonchev–Trinajstić information content (AvgIpc) is 3.10. The van der Waals surface area contributed by atoms with Crippen molar-refractivity contribution in [3.8, 4) is 0 Å². The lowest BCUT2D eigenvalue weighted by Crippen LogP contribution is -2.18. The van der Waals surface area contributed by atoms with Crippen LogP contribution in [0.2, 0.25) is 0 Å². The fourth-order valence-electron chi connectivity index (χ4n) is 3.20. The number of rotatable bonds is 4. The summed E-state index contributed by atoms with van der Waals surface area (Å²) in [4.78, 5) is 0. The topological polar surface area (TPSA) is 56.7 Å². The van der Waals surface area contributed by atoms with Gasteiger partial charge in [0.15, 0.2) is 0 Å². The van der Waals surface area contributed by atoms with Crippen molar-refractivity contribution in [1.29, 1.82) is 0 Å². The van der Waals surface area contributed by atoms with Crippen molar-refractivity contribution < 1.29 is 0 Å². The first kappa shape index (κ1) is 13.3. The van der Waals surface area contributed by atoms with E-state index in [-0.39, 0.29) is 6.04 Å². The van der Waals surface area contributed by atoms with Crippen molar-refractivity contribution >= 4 is 0 Å². The van der Waals surface area contributed by atoms with Crippen LogP contribution in [-0.4, -0.2) is 14.8 Å². The van der Waals surface area contributed by atoms with E-state index < -0.39 is 0 Å². The highest BCUT2D eigenvalue weighted by Gasteiger charge is 2.23. The predicted octanol–water partition coefficient (Wildman–Crippen LogP) is 2.94. The Morgan fingerprint density at radius 3 is 2.60 bits per heavy atom. The summed E-state index contributed by atoms with van der Waals surface area (Å²) in [5.74, 6) is 2.05. The minimum absolute atomic E-state index is 0.0139. The molecule has 106 valence electrons. The number of benzene rings is 1. The molecule has 2 aromatic rings. The van der Waals surface area contributed by atoms with E-state index in [0.717, 1.165) is 23.6 Å². The van der Waals surface area contributed by atoms with Crippen LogP contribution in [0, 0.1) is 6.92 Å². The Kier molecular flexibility index (Phi) is 3.83. The van der Waals surface area contributed by atoms with Crippen LogP contribution in [0.4, 0.5) is 0 Å². The van der Waals surface area contributed by atoms with Gasteiger partial charge in [-0.25, -0.2) is 0 Å². The van der Waals surface area contributed by atoms with Gasteiger partial charge in [-0.15, -0.1) is 10.2 Å². The molecular formula is C16H22N4. The van der Waals surface area contributed by atoms with Crippen molar-refractivity contribution in [1.82, 2.24) is 14.8 Å². The summed E-state index contributed by atoms with van der Waals surface area (Å²) < 4.78 is 2.32. The van der Waals surface area contributed by atoms with Gasteiger partial charge in [-0.3, -0.25) is 0 Å². The number of hydrogen-bond donors (Lipinski definition) is 1. The number of aromatic nitrogens is 3. The van der Waals surface area contributed by atoms with Crippen molar-refractivity contribution in [3.63, 3.8) is 0 Å². The van der Waals surface area contributed by atoms with Crippen LogP contribution in [0.15, 0.2) is 30.3 Å². The van der Waals surface area contributed by atoms with Crippen LogP contribution in [0.25, 0.3) is 0 Å².